The van der Waals surface area contributed by atoms with Gasteiger partial charge in [0.2, 0.25) is 0 Å². The quantitative estimate of drug-likeness (QED) is 0.850. The molecule has 1 aliphatic rings. The van der Waals surface area contributed by atoms with Crippen molar-refractivity contribution < 1.29 is 9.90 Å². The van der Waals surface area contributed by atoms with Crippen LogP contribution in [0.25, 0.3) is 17.3 Å². The average Bonchev–Trinajstić information content (AvgIpc) is 2.78. The van der Waals surface area contributed by atoms with Gasteiger partial charge >= 0.3 is 5.97 Å². The number of carbonyl (C=O) groups is 1. The molecular weight excluding hydrogens is 355 g/mol. The molecule has 5 heteroatoms. The zero-order chi connectivity index (χ0) is 13.2. The van der Waals surface area contributed by atoms with Crippen LogP contribution in [0.15, 0.2) is 34.4 Å². The van der Waals surface area contributed by atoms with Gasteiger partial charge < -0.3 is 5.11 Å². The molecule has 0 unspecified atom stereocenters. The normalized spacial score (nSPS) is 12.8. The van der Waals surface area contributed by atoms with Crippen LogP contribution in [0.1, 0.15) is 11.5 Å². The van der Waals surface area contributed by atoms with Crippen LogP contribution in [0.4, 0.5) is 0 Å². The molecule has 0 aliphatic carbocycles. The summed E-state index contributed by atoms with van der Waals surface area (Å²) in [4.78, 5) is 15.6. The molecule has 1 N–H and O–H groups in total. The number of benzene rings is 1. The fraction of sp³-hybridized carbons (Fsp3) is 0.0714. The summed E-state index contributed by atoms with van der Waals surface area (Å²) in [5, 5.41) is 9.09. The van der Waals surface area contributed by atoms with Crippen LogP contribution in [-0.2, 0) is 11.2 Å². The van der Waals surface area contributed by atoms with Gasteiger partial charge in [-0.3, -0.25) is 9.36 Å². The van der Waals surface area contributed by atoms with E-state index in [4.69, 9.17) is 5.11 Å². The van der Waals surface area contributed by atoms with Crippen molar-refractivity contribution in [3.05, 3.63) is 45.9 Å². The first kappa shape index (κ1) is 12.3. The van der Waals surface area contributed by atoms with Gasteiger partial charge in [-0.1, -0.05) is 51.1 Å². The molecule has 1 aromatic carbocycles. The number of halogens is 1. The molecule has 0 radical (unpaired) electrons. The molecule has 2 heterocycles. The van der Waals surface area contributed by atoms with E-state index in [2.05, 4.69) is 13.2 Å². The smallest absolute Gasteiger partial charge is 0.309 e. The number of fused-ring (bicyclic) bond motifs is 1. The third kappa shape index (κ3) is 2.37. The number of carboxylic acid groups (broad SMARTS) is 1. The minimum Gasteiger partial charge on any atom is -0.481 e. The lowest BCUT2D eigenvalue weighted by Gasteiger charge is -2.06. The van der Waals surface area contributed by atoms with E-state index < -0.39 is 5.97 Å². The van der Waals surface area contributed by atoms with Crippen molar-refractivity contribution in [2.45, 2.75) is 6.42 Å². The zero-order valence-corrected chi connectivity index (χ0v) is 12.1. The third-order valence-electron chi connectivity index (χ3n) is 2.84. The Bertz CT molecular complexity index is 687. The van der Waals surface area contributed by atoms with Crippen LogP contribution in [0.5, 0.6) is 0 Å². The Morgan fingerprint density at radius 2 is 2.11 bits per heavy atom. The predicted molar refractivity (Wildman–Crippen MR) is 83.5 cm³/mol. The highest BCUT2D eigenvalue weighted by Crippen LogP contribution is 2.27. The van der Waals surface area contributed by atoms with Gasteiger partial charge in [0, 0.05) is 9.70 Å². The fourth-order valence-electron chi connectivity index (χ4n) is 2.03. The molecule has 0 atom stereocenters. The zero-order valence-electron chi connectivity index (χ0n) is 9.95. The van der Waals surface area contributed by atoms with Crippen LogP contribution in [0.3, 0.4) is 0 Å². The highest BCUT2D eigenvalue weighted by Gasteiger charge is 2.19. The van der Waals surface area contributed by atoms with Crippen molar-refractivity contribution in [1.82, 2.24) is 9.55 Å². The molecule has 4 nitrogen and oxygen atoms in total. The van der Waals surface area contributed by atoms with E-state index in [0.29, 0.717) is 0 Å². The van der Waals surface area contributed by atoms with Gasteiger partial charge in [0.1, 0.15) is 5.82 Å². The Labute approximate surface area is 120 Å². The Hall–Kier alpha value is -1.76. The molecule has 1 aromatic heterocycles. The van der Waals surface area contributed by atoms with Crippen LogP contribution >= 0.6 is 20.7 Å². The van der Waals surface area contributed by atoms with E-state index in [1.54, 1.807) is 0 Å². The van der Waals surface area contributed by atoms with Crippen molar-refractivity contribution >= 4 is 36.9 Å². The number of carboxylic acids is 1. The molecule has 19 heavy (non-hydrogen) atoms. The predicted octanol–water partition coefficient (Wildman–Crippen LogP) is 2.74. The molecule has 2 aromatic rings. The highest BCUT2D eigenvalue weighted by atomic mass is 127. The average molecular weight is 366 g/mol. The second-order valence-electron chi connectivity index (χ2n) is 4.09. The number of hydrogen-bond donors (Lipinski definition) is 1. The molecule has 0 saturated heterocycles. The second-order valence-corrected chi connectivity index (χ2v) is 6.08. The molecule has 1 aliphatic heterocycles. The maximum absolute atomic E-state index is 11.1. The van der Waals surface area contributed by atoms with E-state index in [-0.39, 0.29) is 27.2 Å². The Morgan fingerprint density at radius 3 is 2.84 bits per heavy atom. The van der Waals surface area contributed by atoms with Crippen molar-refractivity contribution in [2.24, 2.45) is 0 Å². The van der Waals surface area contributed by atoms with Crippen molar-refractivity contribution in [1.29, 1.82) is 0 Å². The highest BCUT2D eigenvalue weighted by molar-refractivity contribution is 14.2. The standard InChI is InChI=1S/C14H11IN2O2/c18-13(19)8-11-14(10-4-2-1-3-5-10)16-12-6-7-15-9-17(11)12/h1-7,9H,8H2,(H,18,19). The van der Waals surface area contributed by atoms with Crippen LogP contribution < -0.4 is 0 Å². The van der Waals surface area contributed by atoms with E-state index in [9.17, 15) is 4.79 Å². The Balaban J connectivity index is 2.19. The first-order chi connectivity index (χ1) is 9.25. The van der Waals surface area contributed by atoms with Crippen LogP contribution in [0.2, 0.25) is 0 Å². The lowest BCUT2D eigenvalue weighted by molar-refractivity contribution is -0.136. The minimum atomic E-state index is -0.832. The van der Waals surface area contributed by atoms with Gasteiger partial charge in [-0.2, -0.15) is 0 Å². The van der Waals surface area contributed by atoms with E-state index in [1.165, 1.54) is 0 Å². The molecular formula is C14H11IN2O2. The summed E-state index contributed by atoms with van der Waals surface area (Å²) < 4.78 is 6.14. The number of nitrogens with zero attached hydrogens (tertiary/aromatic N) is 2. The SMILES string of the molecule is O=C(O)Cc1c(-c2ccccc2)nc2n1C=IC=C2. The molecule has 96 valence electrons. The molecule has 0 fully saturated rings. The van der Waals surface area contributed by atoms with Gasteiger partial charge in [-0.05, 0) is 10.2 Å². The summed E-state index contributed by atoms with van der Waals surface area (Å²) in [5.74, 6) is -0.0120. The van der Waals surface area contributed by atoms with E-state index in [0.717, 1.165) is 22.8 Å². The number of aliphatic carboxylic acids is 1. The minimum absolute atomic E-state index is 0.00862. The van der Waals surface area contributed by atoms with Gasteiger partial charge in [-0.15, -0.1) is 0 Å². The molecule has 0 saturated carbocycles. The molecule has 0 spiro atoms. The number of aromatic nitrogens is 2. The Kier molecular flexibility index (Phi) is 3.29. The lowest BCUT2D eigenvalue weighted by Crippen LogP contribution is -2.09. The topological polar surface area (TPSA) is 55.1 Å². The van der Waals surface area contributed by atoms with Gasteiger partial charge in [-0.25, -0.2) is 4.98 Å². The maximum Gasteiger partial charge on any atom is 0.309 e. The first-order valence-corrected chi connectivity index (χ1v) is 8.25. The summed E-state index contributed by atoms with van der Waals surface area (Å²) in [5.41, 5.74) is 2.49. The van der Waals surface area contributed by atoms with Crippen molar-refractivity contribution in [2.75, 3.05) is 0 Å². The van der Waals surface area contributed by atoms with Crippen molar-refractivity contribution in [3.8, 4) is 11.3 Å². The molecule has 0 bridgehead atoms. The monoisotopic (exact) mass is 366 g/mol. The molecule has 3 rings (SSSR count). The van der Waals surface area contributed by atoms with E-state index in [1.807, 2.05) is 41.0 Å². The van der Waals surface area contributed by atoms with Crippen LogP contribution in [0, 0.1) is 0 Å². The van der Waals surface area contributed by atoms with Gasteiger partial charge in [0.15, 0.2) is 0 Å². The van der Waals surface area contributed by atoms with Crippen molar-refractivity contribution in [3.63, 3.8) is 0 Å². The third-order valence-corrected chi connectivity index (χ3v) is 4.50. The number of rotatable bonds is 3. The van der Waals surface area contributed by atoms with Gasteiger partial charge in [0.05, 0.1) is 17.8 Å². The summed E-state index contributed by atoms with van der Waals surface area (Å²) in [6.07, 6.45) is 1.97. The molecule has 0 amide bonds. The second kappa shape index (κ2) is 5.08. The number of imidazole rings is 1. The Morgan fingerprint density at radius 1 is 1.32 bits per heavy atom. The van der Waals surface area contributed by atoms with Gasteiger partial charge in [0.25, 0.3) is 0 Å². The summed E-state index contributed by atoms with van der Waals surface area (Å²) in [7, 11) is 0. The first-order valence-electron chi connectivity index (χ1n) is 5.76. The van der Waals surface area contributed by atoms with E-state index >= 15 is 0 Å². The fourth-order valence-corrected chi connectivity index (χ4v) is 3.69. The number of hydrogen-bond acceptors (Lipinski definition) is 2. The lowest BCUT2D eigenvalue weighted by atomic mass is 10.1. The summed E-state index contributed by atoms with van der Waals surface area (Å²) in [6, 6.07) is 9.72. The summed E-state index contributed by atoms with van der Waals surface area (Å²) in [6.45, 7) is 0. The van der Waals surface area contributed by atoms with Crippen LogP contribution in [-0.4, -0.2) is 24.8 Å². The largest absolute Gasteiger partial charge is 0.481 e. The maximum atomic E-state index is 11.1. The summed E-state index contributed by atoms with van der Waals surface area (Å²) >= 11 is -0.149.